The molecule has 0 unspecified atom stereocenters. The first-order valence-electron chi connectivity index (χ1n) is 10.5. The molecule has 166 valence electrons. The van der Waals surface area contributed by atoms with E-state index in [2.05, 4.69) is 30.7 Å². The second-order valence-electron chi connectivity index (χ2n) is 7.81. The smallest absolute Gasteiger partial charge is 0.228 e. The van der Waals surface area contributed by atoms with Crippen LogP contribution in [0.1, 0.15) is 12.8 Å². The van der Waals surface area contributed by atoms with Gasteiger partial charge in [0, 0.05) is 29.4 Å². The highest BCUT2D eigenvalue weighted by Crippen LogP contribution is 2.30. The number of nitrogens with zero attached hydrogens (tertiary/aromatic N) is 8. The van der Waals surface area contributed by atoms with Crippen LogP contribution in [0.2, 0.25) is 0 Å². The van der Waals surface area contributed by atoms with Gasteiger partial charge in [0.2, 0.25) is 11.1 Å². The summed E-state index contributed by atoms with van der Waals surface area (Å²) in [6, 6.07) is 7.58. The van der Waals surface area contributed by atoms with Gasteiger partial charge in [0.1, 0.15) is 5.03 Å². The van der Waals surface area contributed by atoms with Crippen molar-refractivity contribution in [1.82, 2.24) is 39.0 Å². The minimum absolute atomic E-state index is 0.0145. The van der Waals surface area contributed by atoms with Crippen LogP contribution in [-0.2, 0) is 11.3 Å². The molecule has 0 aromatic carbocycles. The van der Waals surface area contributed by atoms with E-state index in [9.17, 15) is 4.79 Å². The molecule has 33 heavy (non-hydrogen) atoms. The van der Waals surface area contributed by atoms with Crippen LogP contribution < -0.4 is 5.32 Å². The zero-order valence-electron chi connectivity index (χ0n) is 17.4. The first-order valence-corrected chi connectivity index (χ1v) is 11.3. The first-order chi connectivity index (χ1) is 16.2. The summed E-state index contributed by atoms with van der Waals surface area (Å²) >= 11 is 1.38. The van der Waals surface area contributed by atoms with Gasteiger partial charge in [0.15, 0.2) is 17.1 Å². The van der Waals surface area contributed by atoms with Crippen LogP contribution in [0.3, 0.4) is 0 Å². The second kappa shape index (κ2) is 7.98. The van der Waals surface area contributed by atoms with Gasteiger partial charge in [-0.1, -0.05) is 0 Å². The number of pyridine rings is 1. The molecule has 0 radical (unpaired) electrons. The summed E-state index contributed by atoms with van der Waals surface area (Å²) in [7, 11) is 0. The van der Waals surface area contributed by atoms with Gasteiger partial charge in [-0.25, -0.2) is 9.50 Å². The molecule has 0 atom stereocenters. The lowest BCUT2D eigenvalue weighted by Gasteiger charge is -2.03. The first kappa shape index (κ1) is 19.9. The Bertz CT molecular complexity index is 1480. The number of aromatic nitrogens is 8. The standard InChI is InChI=1S/C21H19N9O2S/c31-8-7-28-10-15(9-22-28)14-3-4-18-25-26-21(29(18)11-14)33-19-6-5-17-23-16(12-30(17)27-19)24-20(32)13-1-2-13/h3-6,9-13,31H,1-2,7-8H2,(H,24,32). The predicted molar refractivity (Wildman–Crippen MR) is 120 cm³/mol. The Morgan fingerprint density at radius 2 is 1.97 bits per heavy atom. The summed E-state index contributed by atoms with van der Waals surface area (Å²) in [6.07, 6.45) is 9.21. The summed E-state index contributed by atoms with van der Waals surface area (Å²) in [5, 5.41) is 30.8. The third kappa shape index (κ3) is 3.94. The zero-order chi connectivity index (χ0) is 22.4. The molecule has 6 rings (SSSR count). The van der Waals surface area contributed by atoms with Crippen LogP contribution in [0, 0.1) is 5.92 Å². The zero-order valence-corrected chi connectivity index (χ0v) is 18.2. The van der Waals surface area contributed by atoms with Gasteiger partial charge in [0.25, 0.3) is 0 Å². The maximum absolute atomic E-state index is 12.0. The Hall–Kier alpha value is -3.77. The van der Waals surface area contributed by atoms with Gasteiger partial charge < -0.3 is 10.4 Å². The van der Waals surface area contributed by atoms with Gasteiger partial charge in [-0.05, 0) is 48.9 Å². The Morgan fingerprint density at radius 3 is 2.82 bits per heavy atom. The van der Waals surface area contributed by atoms with Crippen molar-refractivity contribution in [1.29, 1.82) is 0 Å². The van der Waals surface area contributed by atoms with Crippen LogP contribution in [0.4, 0.5) is 5.82 Å². The van der Waals surface area contributed by atoms with E-state index < -0.39 is 0 Å². The molecule has 0 spiro atoms. The number of anilines is 1. The molecular weight excluding hydrogens is 442 g/mol. The van der Waals surface area contributed by atoms with Crippen molar-refractivity contribution in [2.75, 3.05) is 11.9 Å². The van der Waals surface area contributed by atoms with Crippen molar-refractivity contribution in [3.63, 3.8) is 0 Å². The summed E-state index contributed by atoms with van der Waals surface area (Å²) in [5.41, 5.74) is 3.27. The lowest BCUT2D eigenvalue weighted by Crippen LogP contribution is -2.13. The fraction of sp³-hybridized carbons (Fsp3) is 0.238. The highest BCUT2D eigenvalue weighted by molar-refractivity contribution is 7.99. The highest BCUT2D eigenvalue weighted by Gasteiger charge is 2.30. The minimum atomic E-state index is 0.0145. The number of amides is 1. The van der Waals surface area contributed by atoms with E-state index in [1.165, 1.54) is 11.8 Å². The second-order valence-corrected chi connectivity index (χ2v) is 8.80. The number of aliphatic hydroxyl groups is 1. The van der Waals surface area contributed by atoms with E-state index in [0.717, 1.165) is 34.6 Å². The topological polar surface area (TPSA) is 128 Å². The fourth-order valence-electron chi connectivity index (χ4n) is 3.49. The van der Waals surface area contributed by atoms with Crippen LogP contribution in [-0.4, -0.2) is 56.6 Å². The number of carbonyl (C=O) groups excluding carboxylic acids is 1. The van der Waals surface area contributed by atoms with Crippen molar-refractivity contribution in [3.8, 4) is 11.1 Å². The molecular formula is C21H19N9O2S. The molecule has 0 saturated heterocycles. The van der Waals surface area contributed by atoms with Gasteiger partial charge >= 0.3 is 0 Å². The number of rotatable bonds is 7. The van der Waals surface area contributed by atoms with Crippen LogP contribution in [0.5, 0.6) is 0 Å². The largest absolute Gasteiger partial charge is 0.394 e. The van der Waals surface area contributed by atoms with Crippen LogP contribution in [0.15, 0.2) is 59.2 Å². The Morgan fingerprint density at radius 1 is 1.09 bits per heavy atom. The lowest BCUT2D eigenvalue weighted by atomic mass is 10.2. The third-order valence-corrected chi connectivity index (χ3v) is 6.25. The molecule has 5 aromatic heterocycles. The van der Waals surface area contributed by atoms with Crippen LogP contribution in [0.25, 0.3) is 22.4 Å². The molecule has 1 aliphatic carbocycles. The molecule has 5 aromatic rings. The average molecular weight is 462 g/mol. The van der Waals surface area contributed by atoms with E-state index in [1.807, 2.05) is 41.1 Å². The molecule has 0 aliphatic heterocycles. The number of imidazole rings is 1. The quantitative estimate of drug-likeness (QED) is 0.377. The molecule has 1 saturated carbocycles. The van der Waals surface area contributed by atoms with E-state index in [-0.39, 0.29) is 18.4 Å². The summed E-state index contributed by atoms with van der Waals surface area (Å²) in [6.45, 7) is 0.485. The van der Waals surface area contributed by atoms with E-state index in [0.29, 0.717) is 23.2 Å². The van der Waals surface area contributed by atoms with Crippen molar-refractivity contribution >= 4 is 34.8 Å². The van der Waals surface area contributed by atoms with Gasteiger partial charge in [-0.15, -0.1) is 10.2 Å². The maximum Gasteiger partial charge on any atom is 0.228 e. The Labute approximate surface area is 191 Å². The van der Waals surface area contributed by atoms with Crippen LogP contribution >= 0.6 is 11.8 Å². The lowest BCUT2D eigenvalue weighted by molar-refractivity contribution is -0.117. The average Bonchev–Trinajstić information content (AvgIpc) is 3.25. The Kier molecular flexibility index (Phi) is 4.80. The van der Waals surface area contributed by atoms with E-state index >= 15 is 0 Å². The fourth-order valence-corrected chi connectivity index (χ4v) is 4.27. The minimum Gasteiger partial charge on any atom is -0.394 e. The molecule has 5 heterocycles. The van der Waals surface area contributed by atoms with Gasteiger partial charge in [-0.3, -0.25) is 13.9 Å². The summed E-state index contributed by atoms with van der Waals surface area (Å²) in [4.78, 5) is 16.4. The van der Waals surface area contributed by atoms with Gasteiger partial charge in [0.05, 0.1) is 25.5 Å². The van der Waals surface area contributed by atoms with Gasteiger partial charge in [-0.2, -0.15) is 10.2 Å². The summed E-state index contributed by atoms with van der Waals surface area (Å²) < 4.78 is 5.26. The van der Waals surface area contributed by atoms with E-state index in [1.54, 1.807) is 21.6 Å². The number of carbonyl (C=O) groups is 1. The molecule has 0 bridgehead atoms. The molecule has 1 amide bonds. The number of hydrogen-bond donors (Lipinski definition) is 2. The number of fused-ring (bicyclic) bond motifs is 2. The molecule has 12 heteroatoms. The van der Waals surface area contributed by atoms with Crippen molar-refractivity contribution < 1.29 is 9.90 Å². The SMILES string of the molecule is O=C(Nc1cn2nc(Sc3nnc4ccc(-c5cnn(CCO)c5)cn34)ccc2n1)C1CC1. The highest BCUT2D eigenvalue weighted by atomic mass is 32.2. The maximum atomic E-state index is 12.0. The predicted octanol–water partition coefficient (Wildman–Crippen LogP) is 2.13. The third-order valence-electron chi connectivity index (χ3n) is 5.36. The molecule has 1 fully saturated rings. The molecule has 2 N–H and O–H groups in total. The number of hydrogen-bond acceptors (Lipinski definition) is 8. The summed E-state index contributed by atoms with van der Waals surface area (Å²) in [5.74, 6) is 0.630. The molecule has 1 aliphatic rings. The normalized spacial score (nSPS) is 13.7. The Balaban J connectivity index is 1.26. The molecule has 11 nitrogen and oxygen atoms in total. The monoisotopic (exact) mass is 461 g/mol. The van der Waals surface area contributed by atoms with Crippen molar-refractivity contribution in [3.05, 3.63) is 49.1 Å². The van der Waals surface area contributed by atoms with E-state index in [4.69, 9.17) is 5.11 Å². The van der Waals surface area contributed by atoms with Crippen molar-refractivity contribution in [2.24, 2.45) is 5.92 Å². The van der Waals surface area contributed by atoms with Crippen molar-refractivity contribution in [2.45, 2.75) is 29.6 Å². The number of aliphatic hydroxyl groups excluding tert-OH is 1. The number of nitrogens with one attached hydrogen (secondary N) is 1.